The third kappa shape index (κ3) is 8.65. The Kier molecular flexibility index (Phi) is 11.2. The first kappa shape index (κ1) is 34.5. The van der Waals surface area contributed by atoms with Crippen LogP contribution in [0.4, 0.5) is 5.13 Å². The van der Waals surface area contributed by atoms with Crippen molar-refractivity contribution >= 4 is 49.8 Å². The van der Waals surface area contributed by atoms with Gasteiger partial charge in [-0.05, 0) is 70.7 Å². The summed E-state index contributed by atoms with van der Waals surface area (Å²) in [6.45, 7) is 5.92. The molecule has 2 amide bonds. The number of carbonyl (C=O) groups excluding carboxylic acids is 2. The lowest BCUT2D eigenvalue weighted by Crippen LogP contribution is -2.65. The van der Waals surface area contributed by atoms with Crippen LogP contribution in [-0.2, 0) is 22.4 Å². The molecule has 4 aromatic carbocycles. The first-order valence-corrected chi connectivity index (χ1v) is 18.3. The molecule has 0 spiro atoms. The summed E-state index contributed by atoms with van der Waals surface area (Å²) in [5.41, 5.74) is 15.5. The van der Waals surface area contributed by atoms with Crippen LogP contribution < -0.4 is 16.8 Å². The van der Waals surface area contributed by atoms with Crippen molar-refractivity contribution < 1.29 is 9.59 Å². The van der Waals surface area contributed by atoms with Crippen LogP contribution in [0.2, 0.25) is 0 Å². The van der Waals surface area contributed by atoms with Gasteiger partial charge in [-0.25, -0.2) is 4.98 Å². The lowest BCUT2D eigenvalue weighted by atomic mass is 9.93. The number of thiazole rings is 1. The predicted octanol–water partition coefficient (Wildman–Crippen LogP) is 6.24. The lowest BCUT2D eigenvalue weighted by Gasteiger charge is -2.48. The Hall–Kier alpha value is -4.31. The van der Waals surface area contributed by atoms with Crippen molar-refractivity contribution in [3.8, 4) is 0 Å². The topological polar surface area (TPSA) is 118 Å². The van der Waals surface area contributed by atoms with Gasteiger partial charge in [-0.1, -0.05) is 98.8 Å². The normalized spacial score (nSPS) is 17.8. The fourth-order valence-electron chi connectivity index (χ4n) is 7.17. The molecule has 256 valence electrons. The van der Waals surface area contributed by atoms with Crippen LogP contribution in [0, 0.1) is 5.92 Å². The minimum Gasteiger partial charge on any atom is -0.362 e. The Morgan fingerprint density at radius 2 is 1.33 bits per heavy atom. The van der Waals surface area contributed by atoms with E-state index in [0.29, 0.717) is 31.8 Å². The number of hydrogen-bond acceptors (Lipinski definition) is 7. The van der Waals surface area contributed by atoms with Gasteiger partial charge in [0.15, 0.2) is 5.13 Å². The van der Waals surface area contributed by atoms with Crippen molar-refractivity contribution in [2.75, 3.05) is 25.0 Å². The summed E-state index contributed by atoms with van der Waals surface area (Å²) in [5.74, 6) is 0.212. The number of nitrogens with one attached hydrogen (secondary N) is 1. The van der Waals surface area contributed by atoms with Gasteiger partial charge < -0.3 is 26.6 Å². The molecule has 1 unspecified atom stereocenters. The Labute approximate surface area is 293 Å². The van der Waals surface area contributed by atoms with Crippen LogP contribution in [0.3, 0.4) is 0 Å². The van der Waals surface area contributed by atoms with Crippen LogP contribution in [0.5, 0.6) is 0 Å². The van der Waals surface area contributed by atoms with Crippen LogP contribution in [-0.4, -0.2) is 70.4 Å². The first-order valence-electron chi connectivity index (χ1n) is 17.5. The van der Waals surface area contributed by atoms with Crippen molar-refractivity contribution in [2.45, 2.75) is 70.1 Å². The number of hydrogen-bond donors (Lipinski definition) is 3. The SMILES string of the molecule is CC(C)C[C@@H]1CN(C(=O)[C@H](N)Cc2ccc3ccccc3c2)[C@@H](CCCNc2nccs2)CN1C(=O)C(N)Cc1ccc2ccccc2c1. The van der Waals surface area contributed by atoms with E-state index in [1.165, 1.54) is 0 Å². The maximum atomic E-state index is 14.2. The second-order valence-corrected chi connectivity index (χ2v) is 14.7. The van der Waals surface area contributed by atoms with Gasteiger partial charge in [-0.3, -0.25) is 9.59 Å². The van der Waals surface area contributed by atoms with Gasteiger partial charge in [0, 0.05) is 43.3 Å². The number of anilines is 1. The van der Waals surface area contributed by atoms with E-state index in [2.05, 4.69) is 84.8 Å². The van der Waals surface area contributed by atoms with Gasteiger partial charge in [0.2, 0.25) is 11.8 Å². The first-order chi connectivity index (χ1) is 23.7. The van der Waals surface area contributed by atoms with Gasteiger partial charge in [-0.15, -0.1) is 11.3 Å². The summed E-state index contributed by atoms with van der Waals surface area (Å²) in [6, 6.07) is 27.3. The molecule has 49 heavy (non-hydrogen) atoms. The zero-order valence-electron chi connectivity index (χ0n) is 28.5. The number of aromatic nitrogens is 1. The largest absolute Gasteiger partial charge is 0.362 e. The van der Waals surface area contributed by atoms with Gasteiger partial charge in [0.1, 0.15) is 0 Å². The Bertz CT molecular complexity index is 1860. The van der Waals surface area contributed by atoms with Crippen molar-refractivity contribution in [3.63, 3.8) is 0 Å². The smallest absolute Gasteiger partial charge is 0.240 e. The van der Waals surface area contributed by atoms with Crippen LogP contribution in [0.15, 0.2) is 96.5 Å². The molecule has 8 nitrogen and oxygen atoms in total. The average Bonchev–Trinajstić information content (AvgIpc) is 3.63. The highest BCUT2D eigenvalue weighted by atomic mass is 32.1. The van der Waals surface area contributed by atoms with E-state index >= 15 is 0 Å². The maximum absolute atomic E-state index is 14.2. The second-order valence-electron chi connectivity index (χ2n) is 13.8. The monoisotopic (exact) mass is 676 g/mol. The minimum atomic E-state index is -0.686. The molecule has 0 saturated carbocycles. The van der Waals surface area contributed by atoms with Gasteiger partial charge in [0.25, 0.3) is 0 Å². The minimum absolute atomic E-state index is 0.0581. The molecule has 9 heteroatoms. The van der Waals surface area contributed by atoms with E-state index in [-0.39, 0.29) is 23.9 Å². The highest BCUT2D eigenvalue weighted by molar-refractivity contribution is 7.13. The van der Waals surface area contributed by atoms with Crippen LogP contribution in [0.1, 0.15) is 44.2 Å². The molecule has 0 radical (unpaired) electrons. The average molecular weight is 677 g/mol. The summed E-state index contributed by atoms with van der Waals surface area (Å²) in [6.07, 6.45) is 5.00. The summed E-state index contributed by atoms with van der Waals surface area (Å²) >= 11 is 1.56. The van der Waals surface area contributed by atoms with Gasteiger partial charge in [-0.2, -0.15) is 0 Å². The summed E-state index contributed by atoms with van der Waals surface area (Å²) in [5, 5.41) is 10.8. The molecule has 1 aliphatic rings. The highest BCUT2D eigenvalue weighted by Crippen LogP contribution is 2.27. The van der Waals surface area contributed by atoms with Crippen LogP contribution >= 0.6 is 11.3 Å². The van der Waals surface area contributed by atoms with E-state index in [0.717, 1.165) is 63.6 Å². The quantitative estimate of drug-likeness (QED) is 0.127. The summed E-state index contributed by atoms with van der Waals surface area (Å²) in [4.78, 5) is 36.7. The molecule has 1 aliphatic heterocycles. The second kappa shape index (κ2) is 15.9. The fourth-order valence-corrected chi connectivity index (χ4v) is 7.72. The molecule has 4 atom stereocenters. The van der Waals surface area contributed by atoms with E-state index in [9.17, 15) is 9.59 Å². The summed E-state index contributed by atoms with van der Waals surface area (Å²) in [7, 11) is 0. The lowest BCUT2D eigenvalue weighted by molar-refractivity contribution is -0.149. The van der Waals surface area contributed by atoms with Crippen molar-refractivity contribution in [3.05, 3.63) is 108 Å². The number of rotatable bonds is 13. The number of piperazine rings is 1. The molecule has 1 aromatic heterocycles. The molecule has 0 bridgehead atoms. The van der Waals surface area contributed by atoms with Crippen molar-refractivity contribution in [2.24, 2.45) is 17.4 Å². The molecule has 5 aromatic rings. The number of nitrogens with two attached hydrogens (primary N) is 2. The number of benzene rings is 4. The zero-order valence-corrected chi connectivity index (χ0v) is 29.3. The molecule has 6 rings (SSSR count). The number of nitrogens with zero attached hydrogens (tertiary/aromatic N) is 3. The number of fused-ring (bicyclic) bond motifs is 2. The highest BCUT2D eigenvalue weighted by Gasteiger charge is 2.40. The van der Waals surface area contributed by atoms with E-state index < -0.39 is 12.1 Å². The Morgan fingerprint density at radius 3 is 1.86 bits per heavy atom. The molecular weight excluding hydrogens is 629 g/mol. The van der Waals surface area contributed by atoms with E-state index in [1.807, 2.05) is 39.4 Å². The molecule has 1 saturated heterocycles. The van der Waals surface area contributed by atoms with Crippen LogP contribution in [0.25, 0.3) is 21.5 Å². The van der Waals surface area contributed by atoms with Crippen molar-refractivity contribution in [1.29, 1.82) is 0 Å². The molecule has 2 heterocycles. The molecular formula is C40H48N6O2S. The third-order valence-corrected chi connectivity index (χ3v) is 10.3. The molecule has 1 fully saturated rings. The molecule has 5 N–H and O–H groups in total. The van der Waals surface area contributed by atoms with Gasteiger partial charge in [0.05, 0.1) is 12.1 Å². The Morgan fingerprint density at radius 1 is 0.796 bits per heavy atom. The Balaban J connectivity index is 1.20. The number of amides is 2. The van der Waals surface area contributed by atoms with Crippen molar-refractivity contribution in [1.82, 2.24) is 14.8 Å². The predicted molar refractivity (Wildman–Crippen MR) is 202 cm³/mol. The third-order valence-electron chi connectivity index (χ3n) is 9.60. The van der Waals surface area contributed by atoms with Gasteiger partial charge >= 0.3 is 0 Å². The molecule has 0 aliphatic carbocycles. The fraction of sp³-hybridized carbons (Fsp3) is 0.375. The number of carbonyl (C=O) groups is 2. The zero-order chi connectivity index (χ0) is 34.3. The summed E-state index contributed by atoms with van der Waals surface area (Å²) < 4.78 is 0. The van der Waals surface area contributed by atoms with E-state index in [4.69, 9.17) is 11.5 Å². The van der Waals surface area contributed by atoms with E-state index in [1.54, 1.807) is 17.5 Å². The maximum Gasteiger partial charge on any atom is 0.240 e. The standard InChI is InChI=1S/C40H48N6O2S/c1-27(2)20-35-26-45(38(47)36(41)23-28-13-15-30-8-3-5-10-32(30)21-28)34(12-7-17-43-40-44-18-19-49-40)25-46(35)39(48)37(42)24-29-14-16-31-9-4-6-11-33(31)22-29/h3-6,8-11,13-16,18-19,21-22,27,34-37H,7,12,17,20,23-26,41-42H2,1-2H3,(H,43,44)/t34-,35+,36+,37?/m0/s1.